The van der Waals surface area contributed by atoms with E-state index in [0.29, 0.717) is 5.56 Å². The quantitative estimate of drug-likeness (QED) is 0.931. The Hall–Kier alpha value is -2.38. The molecule has 0 bridgehead atoms. The topological polar surface area (TPSA) is 70.0 Å². The number of hydrogen-bond donors (Lipinski definition) is 1. The average molecular weight is 300 g/mol. The molecule has 0 spiro atoms. The molecule has 0 fully saturated rings. The van der Waals surface area contributed by atoms with Crippen LogP contribution in [-0.2, 0) is 22.3 Å². The molecule has 1 heterocycles. The summed E-state index contributed by atoms with van der Waals surface area (Å²) in [7, 11) is 0. The second-order valence-corrected chi connectivity index (χ2v) is 4.50. The third kappa shape index (κ3) is 3.59. The van der Waals surface area contributed by atoms with Gasteiger partial charge in [-0.3, -0.25) is 4.79 Å². The van der Waals surface area contributed by atoms with E-state index < -0.39 is 17.7 Å². The molecule has 1 aliphatic rings. The molecule has 0 radical (unpaired) electrons. The van der Waals surface area contributed by atoms with Crippen LogP contribution in [0.2, 0.25) is 0 Å². The van der Waals surface area contributed by atoms with E-state index in [9.17, 15) is 22.8 Å². The lowest BCUT2D eigenvalue weighted by Crippen LogP contribution is -2.33. The van der Waals surface area contributed by atoms with Gasteiger partial charge in [-0.25, -0.2) is 9.80 Å². The van der Waals surface area contributed by atoms with Crippen molar-refractivity contribution in [3.63, 3.8) is 0 Å². The van der Waals surface area contributed by atoms with E-state index in [1.165, 1.54) is 12.1 Å². The Morgan fingerprint density at radius 1 is 1.24 bits per heavy atom. The highest BCUT2D eigenvalue weighted by Crippen LogP contribution is 2.29. The predicted molar refractivity (Wildman–Crippen MR) is 66.3 cm³/mol. The summed E-state index contributed by atoms with van der Waals surface area (Å²) in [6.07, 6.45) is -4.35. The smallest absolute Gasteiger partial charge is 0.416 e. The van der Waals surface area contributed by atoms with Crippen LogP contribution in [0.1, 0.15) is 24.0 Å². The van der Waals surface area contributed by atoms with Gasteiger partial charge in [-0.15, -0.1) is 0 Å². The van der Waals surface area contributed by atoms with Crippen LogP contribution >= 0.6 is 0 Å². The normalized spacial score (nSPS) is 15.9. The summed E-state index contributed by atoms with van der Waals surface area (Å²) >= 11 is 0. The number of nitrogens with zero attached hydrogens (tertiary/aromatic N) is 2. The molecule has 0 atom stereocenters. The molecule has 1 aromatic carbocycles. The third-order valence-electron chi connectivity index (χ3n) is 2.97. The van der Waals surface area contributed by atoms with E-state index in [-0.39, 0.29) is 31.0 Å². The van der Waals surface area contributed by atoms with Crippen LogP contribution in [0.25, 0.3) is 0 Å². The number of carbonyl (C=O) groups excluding carboxylic acids is 1. The number of hydrazone groups is 1. The molecular formula is C13H11F3N2O3. The van der Waals surface area contributed by atoms with Gasteiger partial charge in [-0.1, -0.05) is 12.1 Å². The second-order valence-electron chi connectivity index (χ2n) is 4.50. The summed E-state index contributed by atoms with van der Waals surface area (Å²) in [5.41, 5.74) is -0.487. The zero-order valence-electron chi connectivity index (χ0n) is 10.7. The molecule has 2 rings (SSSR count). The molecule has 5 nitrogen and oxygen atoms in total. The van der Waals surface area contributed by atoms with Crippen molar-refractivity contribution < 1.29 is 27.9 Å². The number of amides is 1. The molecular weight excluding hydrogens is 289 g/mol. The van der Waals surface area contributed by atoms with E-state index in [2.05, 4.69) is 5.10 Å². The zero-order valence-corrected chi connectivity index (χ0v) is 10.7. The Labute approximate surface area is 117 Å². The molecule has 0 aromatic heterocycles. The highest BCUT2D eigenvalue weighted by Gasteiger charge is 2.30. The molecule has 1 amide bonds. The van der Waals surface area contributed by atoms with Crippen molar-refractivity contribution in [2.45, 2.75) is 25.6 Å². The fourth-order valence-corrected chi connectivity index (χ4v) is 1.85. The number of benzene rings is 1. The summed E-state index contributed by atoms with van der Waals surface area (Å²) in [5, 5.41) is 13.5. The minimum Gasteiger partial charge on any atom is -0.477 e. The lowest BCUT2D eigenvalue weighted by Gasteiger charge is -2.22. The Morgan fingerprint density at radius 2 is 1.86 bits per heavy atom. The number of rotatable bonds is 3. The molecule has 21 heavy (non-hydrogen) atoms. The summed E-state index contributed by atoms with van der Waals surface area (Å²) in [5.74, 6) is -1.57. The number of alkyl halides is 3. The van der Waals surface area contributed by atoms with E-state index in [1.54, 1.807) is 0 Å². The summed E-state index contributed by atoms with van der Waals surface area (Å²) < 4.78 is 37.3. The van der Waals surface area contributed by atoms with Crippen LogP contribution in [0, 0.1) is 0 Å². The van der Waals surface area contributed by atoms with Crippen molar-refractivity contribution in [1.82, 2.24) is 5.01 Å². The summed E-state index contributed by atoms with van der Waals surface area (Å²) in [6, 6.07) is 4.29. The van der Waals surface area contributed by atoms with Crippen LogP contribution in [0.15, 0.2) is 29.4 Å². The number of aliphatic carboxylic acids is 1. The first-order chi connectivity index (χ1) is 9.77. The third-order valence-corrected chi connectivity index (χ3v) is 2.97. The van der Waals surface area contributed by atoms with Gasteiger partial charge in [0.05, 0.1) is 12.1 Å². The highest BCUT2D eigenvalue weighted by atomic mass is 19.4. The van der Waals surface area contributed by atoms with Gasteiger partial charge in [0.2, 0.25) is 5.91 Å². The lowest BCUT2D eigenvalue weighted by atomic mass is 10.1. The van der Waals surface area contributed by atoms with Crippen molar-refractivity contribution in [2.24, 2.45) is 5.10 Å². The Kier molecular flexibility index (Phi) is 3.97. The Bertz CT molecular complexity index is 594. The van der Waals surface area contributed by atoms with Crippen LogP contribution in [0.5, 0.6) is 0 Å². The van der Waals surface area contributed by atoms with Crippen LogP contribution in [0.4, 0.5) is 13.2 Å². The maximum atomic E-state index is 12.4. The van der Waals surface area contributed by atoms with Crippen molar-refractivity contribution in [2.75, 3.05) is 0 Å². The van der Waals surface area contributed by atoms with Gasteiger partial charge in [-0.05, 0) is 17.7 Å². The van der Waals surface area contributed by atoms with Crippen molar-refractivity contribution in [3.05, 3.63) is 35.4 Å². The molecule has 8 heteroatoms. The molecule has 112 valence electrons. The standard InChI is InChI=1S/C13H11F3N2O3/c14-13(15,16)9-3-1-8(2-4-9)7-18-11(19)6-5-10(17-18)12(20)21/h1-4H,5-7H2,(H,20,21). The lowest BCUT2D eigenvalue weighted by molar-refractivity contribution is -0.138. The molecule has 1 aliphatic heterocycles. The van der Waals surface area contributed by atoms with Gasteiger partial charge in [0.25, 0.3) is 0 Å². The number of carbonyl (C=O) groups is 2. The SMILES string of the molecule is O=C(O)C1=NN(Cc2ccc(C(F)(F)F)cc2)C(=O)CC1. The number of carboxylic acid groups (broad SMARTS) is 1. The van der Waals surface area contributed by atoms with E-state index in [1.807, 2.05) is 0 Å². The number of hydrogen-bond acceptors (Lipinski definition) is 3. The molecule has 0 unspecified atom stereocenters. The molecule has 0 saturated heterocycles. The van der Waals surface area contributed by atoms with E-state index >= 15 is 0 Å². The van der Waals surface area contributed by atoms with Crippen LogP contribution < -0.4 is 0 Å². The molecule has 0 saturated carbocycles. The summed E-state index contributed by atoms with van der Waals surface area (Å²) in [6.45, 7) is -0.0618. The van der Waals surface area contributed by atoms with Crippen LogP contribution in [0.3, 0.4) is 0 Å². The van der Waals surface area contributed by atoms with Gasteiger partial charge < -0.3 is 5.11 Å². The minimum atomic E-state index is -4.42. The Morgan fingerprint density at radius 3 is 2.38 bits per heavy atom. The van der Waals surface area contributed by atoms with Gasteiger partial charge in [0, 0.05) is 12.8 Å². The predicted octanol–water partition coefficient (Wildman–Crippen LogP) is 2.27. The average Bonchev–Trinajstić information content (AvgIpc) is 2.40. The first-order valence-electron chi connectivity index (χ1n) is 6.04. The first-order valence-corrected chi connectivity index (χ1v) is 6.04. The highest BCUT2D eigenvalue weighted by molar-refractivity contribution is 6.36. The fraction of sp³-hybridized carbons (Fsp3) is 0.308. The van der Waals surface area contributed by atoms with Crippen molar-refractivity contribution in [3.8, 4) is 0 Å². The summed E-state index contributed by atoms with van der Waals surface area (Å²) in [4.78, 5) is 22.5. The van der Waals surface area contributed by atoms with Gasteiger partial charge in [0.1, 0.15) is 5.71 Å². The zero-order chi connectivity index (χ0) is 15.6. The molecule has 1 aromatic rings. The fourth-order valence-electron chi connectivity index (χ4n) is 1.85. The minimum absolute atomic E-state index is 0.0196. The largest absolute Gasteiger partial charge is 0.477 e. The van der Waals surface area contributed by atoms with Crippen LogP contribution in [-0.4, -0.2) is 27.7 Å². The monoisotopic (exact) mass is 300 g/mol. The number of carboxylic acids is 1. The van der Waals surface area contributed by atoms with E-state index in [4.69, 9.17) is 5.11 Å². The Balaban J connectivity index is 2.15. The maximum absolute atomic E-state index is 12.4. The van der Waals surface area contributed by atoms with Gasteiger partial charge in [0.15, 0.2) is 0 Å². The van der Waals surface area contributed by atoms with Gasteiger partial charge in [-0.2, -0.15) is 18.3 Å². The van der Waals surface area contributed by atoms with E-state index in [0.717, 1.165) is 17.1 Å². The second kappa shape index (κ2) is 5.55. The van der Waals surface area contributed by atoms with Gasteiger partial charge >= 0.3 is 12.1 Å². The number of halogens is 3. The maximum Gasteiger partial charge on any atom is 0.416 e. The van der Waals surface area contributed by atoms with Crippen molar-refractivity contribution >= 4 is 17.6 Å². The molecule has 0 aliphatic carbocycles. The van der Waals surface area contributed by atoms with Crippen molar-refractivity contribution in [1.29, 1.82) is 0 Å². The molecule has 1 N–H and O–H groups in total. The first kappa shape index (κ1) is 15.0.